The predicted octanol–water partition coefficient (Wildman–Crippen LogP) is 5.45. The first-order chi connectivity index (χ1) is 21.0. The maximum absolute atomic E-state index is 14.4. The van der Waals surface area contributed by atoms with Crippen LogP contribution in [0.5, 0.6) is 5.75 Å². The van der Waals surface area contributed by atoms with Crippen LogP contribution in [-0.2, 0) is 32.6 Å². The Morgan fingerprint density at radius 3 is 1.82 bits per heavy atom. The van der Waals surface area contributed by atoms with Gasteiger partial charge in [-0.1, -0.05) is 78.9 Å². The van der Waals surface area contributed by atoms with Crippen LogP contribution in [0.2, 0.25) is 0 Å². The quantitative estimate of drug-likeness (QED) is 0.230. The number of benzene rings is 4. The van der Waals surface area contributed by atoms with Crippen LogP contribution in [-0.4, -0.2) is 50.4 Å². The van der Waals surface area contributed by atoms with E-state index in [2.05, 4.69) is 5.32 Å². The second-order valence-electron chi connectivity index (χ2n) is 11.5. The first-order valence-electron chi connectivity index (χ1n) is 14.4. The molecule has 2 amide bonds. The summed E-state index contributed by atoms with van der Waals surface area (Å²) in [5, 5.41) is 3.04. The highest BCUT2D eigenvalue weighted by molar-refractivity contribution is 7.92. The third-order valence-corrected chi connectivity index (χ3v) is 8.72. The number of carbonyl (C=O) groups excluding carboxylic acids is 2. The lowest BCUT2D eigenvalue weighted by atomic mass is 10.0. The standard InChI is InChI=1S/C35H39N3O5S/c1-35(2,3)36-34(40)32(24-27-14-8-5-9-15-27)37(25-28-16-10-6-11-17-28)33(39)26-38(29-18-12-7-13-19-29)44(41,42)31-22-20-30(43-4)21-23-31/h5-23,32H,24-26H2,1-4H3,(H,36,40)/t32-/m0/s1. The molecule has 230 valence electrons. The van der Waals surface area contributed by atoms with Crippen LogP contribution in [0.3, 0.4) is 0 Å². The van der Waals surface area contributed by atoms with E-state index in [0.29, 0.717) is 11.4 Å². The van der Waals surface area contributed by atoms with E-state index in [1.54, 1.807) is 42.5 Å². The number of hydrogen-bond acceptors (Lipinski definition) is 5. The van der Waals surface area contributed by atoms with Gasteiger partial charge in [-0.2, -0.15) is 0 Å². The molecule has 0 aliphatic carbocycles. The van der Waals surface area contributed by atoms with E-state index in [1.165, 1.54) is 24.1 Å². The first kappa shape index (κ1) is 32.3. The summed E-state index contributed by atoms with van der Waals surface area (Å²) in [5.74, 6) is -0.330. The van der Waals surface area contributed by atoms with E-state index in [-0.39, 0.29) is 23.8 Å². The van der Waals surface area contributed by atoms with Crippen LogP contribution in [0.25, 0.3) is 0 Å². The molecule has 1 N–H and O–H groups in total. The highest BCUT2D eigenvalue weighted by Gasteiger charge is 2.35. The van der Waals surface area contributed by atoms with Crippen LogP contribution in [0, 0.1) is 0 Å². The lowest BCUT2D eigenvalue weighted by molar-refractivity contribution is -0.140. The number of carbonyl (C=O) groups is 2. The van der Waals surface area contributed by atoms with Crippen LogP contribution in [0.1, 0.15) is 31.9 Å². The van der Waals surface area contributed by atoms with Gasteiger partial charge >= 0.3 is 0 Å². The number of sulfonamides is 1. The van der Waals surface area contributed by atoms with Gasteiger partial charge in [-0.05, 0) is 68.3 Å². The molecule has 4 aromatic rings. The topological polar surface area (TPSA) is 96.0 Å². The van der Waals surface area contributed by atoms with E-state index in [1.807, 2.05) is 81.4 Å². The number of methoxy groups -OCH3 is 1. The number of para-hydroxylation sites is 1. The Bertz CT molecular complexity index is 1620. The number of hydrogen-bond donors (Lipinski definition) is 1. The molecule has 1 atom stereocenters. The van der Waals surface area contributed by atoms with Crippen LogP contribution in [0.15, 0.2) is 120 Å². The molecule has 0 saturated heterocycles. The molecule has 9 heteroatoms. The fourth-order valence-corrected chi connectivity index (χ4v) is 6.20. The molecular formula is C35H39N3O5S. The summed E-state index contributed by atoms with van der Waals surface area (Å²) in [6.07, 6.45) is 0.248. The lowest BCUT2D eigenvalue weighted by Crippen LogP contribution is -2.56. The van der Waals surface area contributed by atoms with Crippen molar-refractivity contribution >= 4 is 27.5 Å². The Kier molecular flexibility index (Phi) is 10.4. The minimum Gasteiger partial charge on any atom is -0.497 e. The SMILES string of the molecule is COc1ccc(S(=O)(=O)N(CC(=O)N(Cc2ccccc2)[C@@H](Cc2ccccc2)C(=O)NC(C)(C)C)c2ccccc2)cc1. The van der Waals surface area contributed by atoms with E-state index in [9.17, 15) is 18.0 Å². The predicted molar refractivity (Wildman–Crippen MR) is 173 cm³/mol. The Morgan fingerprint density at radius 1 is 0.773 bits per heavy atom. The second kappa shape index (κ2) is 14.2. The van der Waals surface area contributed by atoms with Gasteiger partial charge in [0.1, 0.15) is 18.3 Å². The van der Waals surface area contributed by atoms with Crippen molar-refractivity contribution in [2.45, 2.75) is 50.2 Å². The summed E-state index contributed by atoms with van der Waals surface area (Å²) in [7, 11) is -2.68. The van der Waals surface area contributed by atoms with Crippen molar-refractivity contribution in [1.82, 2.24) is 10.2 Å². The van der Waals surface area contributed by atoms with Gasteiger partial charge < -0.3 is 15.0 Å². The van der Waals surface area contributed by atoms with E-state index < -0.39 is 34.1 Å². The lowest BCUT2D eigenvalue weighted by Gasteiger charge is -2.35. The highest BCUT2D eigenvalue weighted by atomic mass is 32.2. The van der Waals surface area contributed by atoms with Gasteiger partial charge in [0.2, 0.25) is 11.8 Å². The highest BCUT2D eigenvalue weighted by Crippen LogP contribution is 2.26. The fraction of sp³-hybridized carbons (Fsp3) is 0.257. The van der Waals surface area contributed by atoms with Crippen LogP contribution >= 0.6 is 0 Å². The molecular weight excluding hydrogens is 574 g/mol. The van der Waals surface area contributed by atoms with E-state index >= 15 is 0 Å². The van der Waals surface area contributed by atoms with Gasteiger partial charge in [0, 0.05) is 18.5 Å². The number of nitrogens with one attached hydrogen (secondary N) is 1. The van der Waals surface area contributed by atoms with Crippen molar-refractivity contribution in [3.63, 3.8) is 0 Å². The number of rotatable bonds is 12. The van der Waals surface area contributed by atoms with E-state index in [4.69, 9.17) is 4.74 Å². The van der Waals surface area contributed by atoms with Gasteiger partial charge in [-0.3, -0.25) is 13.9 Å². The Labute approximate surface area is 260 Å². The average molecular weight is 614 g/mol. The zero-order valence-electron chi connectivity index (χ0n) is 25.5. The first-order valence-corrected chi connectivity index (χ1v) is 15.8. The molecule has 0 heterocycles. The minimum absolute atomic E-state index is 0.0101. The molecule has 0 fully saturated rings. The molecule has 0 aromatic heterocycles. The molecule has 0 aliphatic heterocycles. The molecule has 0 radical (unpaired) electrons. The molecule has 0 spiro atoms. The summed E-state index contributed by atoms with van der Waals surface area (Å²) in [6.45, 7) is 5.24. The van der Waals surface area contributed by atoms with Crippen molar-refractivity contribution in [3.05, 3.63) is 126 Å². The van der Waals surface area contributed by atoms with Crippen molar-refractivity contribution in [2.75, 3.05) is 18.0 Å². The molecule has 0 aliphatic rings. The molecule has 4 aromatic carbocycles. The van der Waals surface area contributed by atoms with Gasteiger partial charge in [0.15, 0.2) is 0 Å². The number of anilines is 1. The fourth-order valence-electron chi connectivity index (χ4n) is 4.78. The maximum atomic E-state index is 14.4. The summed E-state index contributed by atoms with van der Waals surface area (Å²) < 4.78 is 34.4. The van der Waals surface area contributed by atoms with Gasteiger partial charge in [-0.25, -0.2) is 8.42 Å². The number of nitrogens with zero attached hydrogens (tertiary/aromatic N) is 2. The molecule has 4 rings (SSSR count). The third kappa shape index (κ3) is 8.48. The summed E-state index contributed by atoms with van der Waals surface area (Å²) in [5.41, 5.74) is 1.46. The Balaban J connectivity index is 1.78. The maximum Gasteiger partial charge on any atom is 0.264 e. The van der Waals surface area contributed by atoms with Crippen molar-refractivity contribution in [3.8, 4) is 5.75 Å². The zero-order chi connectivity index (χ0) is 31.7. The number of amides is 2. The largest absolute Gasteiger partial charge is 0.497 e. The molecule has 44 heavy (non-hydrogen) atoms. The zero-order valence-corrected chi connectivity index (χ0v) is 26.3. The van der Waals surface area contributed by atoms with Gasteiger partial charge in [-0.15, -0.1) is 0 Å². The molecule has 0 bridgehead atoms. The Hall–Kier alpha value is -4.63. The van der Waals surface area contributed by atoms with Crippen molar-refractivity contribution < 1.29 is 22.7 Å². The monoisotopic (exact) mass is 613 g/mol. The van der Waals surface area contributed by atoms with Crippen molar-refractivity contribution in [1.29, 1.82) is 0 Å². The molecule has 0 unspecified atom stereocenters. The smallest absolute Gasteiger partial charge is 0.264 e. The normalized spacial score (nSPS) is 12.2. The molecule has 8 nitrogen and oxygen atoms in total. The van der Waals surface area contributed by atoms with Crippen LogP contribution < -0.4 is 14.4 Å². The summed E-state index contributed by atoms with van der Waals surface area (Å²) in [6, 6.07) is 32.4. The number of ether oxygens (including phenoxy) is 1. The Morgan fingerprint density at radius 2 is 1.30 bits per heavy atom. The van der Waals surface area contributed by atoms with Gasteiger partial charge in [0.05, 0.1) is 17.7 Å². The van der Waals surface area contributed by atoms with Crippen molar-refractivity contribution in [2.24, 2.45) is 0 Å². The minimum atomic E-state index is -4.18. The summed E-state index contributed by atoms with van der Waals surface area (Å²) in [4.78, 5) is 29.8. The molecule has 0 saturated carbocycles. The second-order valence-corrected chi connectivity index (χ2v) is 13.3. The van der Waals surface area contributed by atoms with Crippen LogP contribution in [0.4, 0.5) is 5.69 Å². The average Bonchev–Trinajstić information content (AvgIpc) is 3.02. The van der Waals surface area contributed by atoms with Gasteiger partial charge in [0.25, 0.3) is 10.0 Å². The van der Waals surface area contributed by atoms with E-state index in [0.717, 1.165) is 15.4 Å². The third-order valence-electron chi connectivity index (χ3n) is 6.94. The summed E-state index contributed by atoms with van der Waals surface area (Å²) >= 11 is 0.